The minimum atomic E-state index is -3.21. The van der Waals surface area contributed by atoms with E-state index in [-0.39, 0.29) is 10.8 Å². The predicted molar refractivity (Wildman–Crippen MR) is 45.0 cm³/mol. The number of halogens is 1. The van der Waals surface area contributed by atoms with Gasteiger partial charge in [-0.15, -0.1) is 11.6 Å². The van der Waals surface area contributed by atoms with Gasteiger partial charge in [0, 0.05) is 5.54 Å². The van der Waals surface area contributed by atoms with E-state index in [0.717, 1.165) is 19.3 Å². The fraction of sp³-hybridized carbons (Fsp3) is 1.00. The molecule has 0 heterocycles. The molecule has 0 atom stereocenters. The highest BCUT2D eigenvalue weighted by Gasteiger charge is 2.43. The number of alkyl halides is 1. The average molecular weight is 198 g/mol. The van der Waals surface area contributed by atoms with Gasteiger partial charge >= 0.3 is 0 Å². The second-order valence-corrected chi connectivity index (χ2v) is 5.27. The lowest BCUT2D eigenvalue weighted by molar-refractivity contribution is 0.536. The monoisotopic (exact) mass is 197 g/mol. The highest BCUT2D eigenvalue weighted by atomic mass is 35.5. The molecule has 0 radical (unpaired) electrons. The predicted octanol–water partition coefficient (Wildman–Crippen LogP) is 1.04. The smallest absolute Gasteiger partial charge is 0.211 e. The van der Waals surface area contributed by atoms with Crippen LogP contribution in [0.5, 0.6) is 0 Å². The van der Waals surface area contributed by atoms with E-state index in [1.54, 1.807) is 0 Å². The van der Waals surface area contributed by atoms with Crippen molar-refractivity contribution in [1.82, 2.24) is 4.72 Å². The summed E-state index contributed by atoms with van der Waals surface area (Å²) in [6.45, 7) is 1.98. The average Bonchev–Trinajstić information content (AvgIpc) is 2.69. The second-order valence-electron chi connectivity index (χ2n) is 2.96. The van der Waals surface area contributed by atoms with Crippen LogP contribution in [0.15, 0.2) is 0 Å². The normalized spacial score (nSPS) is 21.6. The first-order chi connectivity index (χ1) is 5.04. The lowest BCUT2D eigenvalue weighted by Crippen LogP contribution is -2.36. The third-order valence-electron chi connectivity index (χ3n) is 2.05. The molecule has 1 aliphatic rings. The summed E-state index contributed by atoms with van der Waals surface area (Å²) in [5.74, 6) is 0. The Morgan fingerprint density at radius 1 is 1.55 bits per heavy atom. The van der Waals surface area contributed by atoms with Gasteiger partial charge in [-0.1, -0.05) is 6.92 Å². The van der Waals surface area contributed by atoms with E-state index in [0.29, 0.717) is 0 Å². The zero-order valence-electron chi connectivity index (χ0n) is 6.43. The maximum Gasteiger partial charge on any atom is 0.226 e. The van der Waals surface area contributed by atoms with Crippen LogP contribution in [-0.4, -0.2) is 19.2 Å². The first-order valence-corrected chi connectivity index (χ1v) is 5.80. The van der Waals surface area contributed by atoms with E-state index in [1.807, 2.05) is 6.92 Å². The fourth-order valence-electron chi connectivity index (χ4n) is 1.04. The van der Waals surface area contributed by atoms with Crippen molar-refractivity contribution in [2.45, 2.75) is 31.7 Å². The van der Waals surface area contributed by atoms with Crippen LogP contribution < -0.4 is 4.72 Å². The Hall–Kier alpha value is 0.200. The third kappa shape index (κ3) is 2.32. The van der Waals surface area contributed by atoms with Crippen LogP contribution >= 0.6 is 11.6 Å². The van der Waals surface area contributed by atoms with Crippen molar-refractivity contribution < 1.29 is 8.42 Å². The quantitative estimate of drug-likeness (QED) is 0.685. The van der Waals surface area contributed by atoms with Gasteiger partial charge in [-0.2, -0.15) is 0 Å². The summed E-state index contributed by atoms with van der Waals surface area (Å²) < 4.78 is 24.5. The number of hydrogen-bond donors (Lipinski definition) is 1. The van der Waals surface area contributed by atoms with Crippen LogP contribution in [0.1, 0.15) is 26.2 Å². The van der Waals surface area contributed by atoms with Crippen molar-refractivity contribution in [1.29, 1.82) is 0 Å². The van der Waals surface area contributed by atoms with E-state index < -0.39 is 10.0 Å². The van der Waals surface area contributed by atoms with Crippen molar-refractivity contribution in [2.75, 3.05) is 5.21 Å². The summed E-state index contributed by atoms with van der Waals surface area (Å²) in [6, 6.07) is 0. The van der Waals surface area contributed by atoms with Gasteiger partial charge in [0.25, 0.3) is 0 Å². The van der Waals surface area contributed by atoms with Gasteiger partial charge in [0.2, 0.25) is 10.0 Å². The molecule has 0 aliphatic heterocycles. The van der Waals surface area contributed by atoms with Crippen LogP contribution in [0.25, 0.3) is 0 Å². The molecule has 1 rings (SSSR count). The topological polar surface area (TPSA) is 46.2 Å². The second kappa shape index (κ2) is 2.92. The van der Waals surface area contributed by atoms with Crippen LogP contribution in [0.3, 0.4) is 0 Å². The molecule has 0 unspecified atom stereocenters. The van der Waals surface area contributed by atoms with Gasteiger partial charge in [-0.3, -0.25) is 0 Å². The summed E-state index contributed by atoms with van der Waals surface area (Å²) in [5, 5.41) is -0.339. The van der Waals surface area contributed by atoms with E-state index in [9.17, 15) is 8.42 Å². The number of hydrogen-bond acceptors (Lipinski definition) is 2. The zero-order chi connectivity index (χ0) is 8.54. The van der Waals surface area contributed by atoms with Crippen LogP contribution in [0.4, 0.5) is 0 Å². The molecule has 0 aromatic rings. The van der Waals surface area contributed by atoms with E-state index >= 15 is 0 Å². The van der Waals surface area contributed by atoms with Crippen LogP contribution in [0.2, 0.25) is 0 Å². The van der Waals surface area contributed by atoms with Gasteiger partial charge < -0.3 is 0 Å². The van der Waals surface area contributed by atoms with Gasteiger partial charge in [0.1, 0.15) is 5.21 Å². The molecule has 1 saturated carbocycles. The molecule has 0 aromatic heterocycles. The summed E-state index contributed by atoms with van der Waals surface area (Å²) >= 11 is 5.23. The molecule has 5 heteroatoms. The summed E-state index contributed by atoms with van der Waals surface area (Å²) in [6.07, 6.45) is 2.74. The Morgan fingerprint density at radius 3 is 2.36 bits per heavy atom. The van der Waals surface area contributed by atoms with Crippen molar-refractivity contribution in [3.05, 3.63) is 0 Å². The Labute approximate surface area is 72.2 Å². The lowest BCUT2D eigenvalue weighted by Gasteiger charge is -2.12. The maximum absolute atomic E-state index is 11.0. The fourth-order valence-corrected chi connectivity index (χ4v) is 2.26. The van der Waals surface area contributed by atoms with Gasteiger partial charge in [-0.05, 0) is 19.3 Å². The Kier molecular flexibility index (Phi) is 2.46. The molecule has 1 fully saturated rings. The Balaban J connectivity index is 2.55. The maximum atomic E-state index is 11.0. The lowest BCUT2D eigenvalue weighted by atomic mass is 10.2. The molecule has 0 aromatic carbocycles. The highest BCUT2D eigenvalue weighted by molar-refractivity contribution is 7.90. The Bertz CT molecular complexity index is 233. The zero-order valence-corrected chi connectivity index (χ0v) is 8.00. The summed E-state index contributed by atoms with van der Waals surface area (Å²) in [5.41, 5.74) is -0.145. The first-order valence-electron chi connectivity index (χ1n) is 3.61. The largest absolute Gasteiger partial charge is 0.226 e. The van der Waals surface area contributed by atoms with Gasteiger partial charge in [-0.25, -0.2) is 13.1 Å². The van der Waals surface area contributed by atoms with Crippen LogP contribution in [-0.2, 0) is 10.0 Å². The number of nitrogens with one attached hydrogen (secondary N) is 1. The third-order valence-corrected chi connectivity index (χ3v) is 3.94. The molecule has 0 bridgehead atoms. The van der Waals surface area contributed by atoms with Crippen molar-refractivity contribution in [2.24, 2.45) is 0 Å². The summed E-state index contributed by atoms with van der Waals surface area (Å²) in [4.78, 5) is 0. The van der Waals surface area contributed by atoms with Crippen molar-refractivity contribution in [3.8, 4) is 0 Å². The van der Waals surface area contributed by atoms with Crippen LogP contribution in [0, 0.1) is 0 Å². The van der Waals surface area contributed by atoms with E-state index in [4.69, 9.17) is 11.6 Å². The molecule has 0 spiro atoms. The molecule has 66 valence electrons. The SMILES string of the molecule is CCC1(NS(=O)(=O)CCl)CC1. The number of rotatable bonds is 4. The molecule has 1 aliphatic carbocycles. The van der Waals surface area contributed by atoms with E-state index in [2.05, 4.69) is 4.72 Å². The molecule has 0 amide bonds. The van der Waals surface area contributed by atoms with E-state index in [1.165, 1.54) is 0 Å². The summed E-state index contributed by atoms with van der Waals surface area (Å²) in [7, 11) is -3.21. The number of sulfonamides is 1. The molecule has 0 saturated heterocycles. The minimum absolute atomic E-state index is 0.145. The van der Waals surface area contributed by atoms with Crippen molar-refractivity contribution in [3.63, 3.8) is 0 Å². The molecular weight excluding hydrogens is 186 g/mol. The van der Waals surface area contributed by atoms with Crippen molar-refractivity contribution >= 4 is 21.6 Å². The highest BCUT2D eigenvalue weighted by Crippen LogP contribution is 2.38. The molecule has 1 N–H and O–H groups in total. The van der Waals surface area contributed by atoms with Gasteiger partial charge in [0.05, 0.1) is 0 Å². The first kappa shape index (κ1) is 9.29. The minimum Gasteiger partial charge on any atom is -0.211 e. The molecule has 11 heavy (non-hydrogen) atoms. The molecule has 3 nitrogen and oxygen atoms in total. The standard InChI is InChI=1S/C6H12ClNO2S/c1-2-6(3-4-6)8-11(9,10)5-7/h8H,2-5H2,1H3. The van der Waals surface area contributed by atoms with Gasteiger partial charge in [0.15, 0.2) is 0 Å². The molecular formula is C6H12ClNO2S. The Morgan fingerprint density at radius 2 is 2.09 bits per heavy atom.